The number of nitrogens with one attached hydrogen (secondary N) is 1. The summed E-state index contributed by atoms with van der Waals surface area (Å²) >= 11 is 5.63. The van der Waals surface area contributed by atoms with Gasteiger partial charge in [-0.2, -0.15) is 13.2 Å². The second kappa shape index (κ2) is 7.71. The summed E-state index contributed by atoms with van der Waals surface area (Å²) in [5.41, 5.74) is -0.903. The molecule has 1 heterocycles. The van der Waals surface area contributed by atoms with Crippen molar-refractivity contribution in [1.29, 1.82) is 0 Å². The van der Waals surface area contributed by atoms with Gasteiger partial charge in [0.15, 0.2) is 6.10 Å². The van der Waals surface area contributed by atoms with E-state index in [4.69, 9.17) is 16.3 Å². The lowest BCUT2D eigenvalue weighted by atomic mass is 10.1. The molecule has 0 spiro atoms. The number of anilines is 2. The number of ether oxygens (including phenoxy) is 1. The Hall–Kier alpha value is -2.74. The fourth-order valence-corrected chi connectivity index (χ4v) is 3.05. The number of alkyl halides is 3. The molecule has 1 unspecified atom stereocenters. The third-order valence-electron chi connectivity index (χ3n) is 4.20. The lowest BCUT2D eigenvalue weighted by Gasteiger charge is -2.32. The van der Waals surface area contributed by atoms with E-state index in [0.717, 1.165) is 12.1 Å². The summed E-state index contributed by atoms with van der Waals surface area (Å²) in [4.78, 5) is 26.0. The molecule has 0 saturated carbocycles. The van der Waals surface area contributed by atoms with Gasteiger partial charge in [0.25, 0.3) is 5.91 Å². The Morgan fingerprint density at radius 2 is 1.96 bits per heavy atom. The molecule has 2 aromatic rings. The first-order chi connectivity index (χ1) is 13.2. The molecule has 0 aromatic heterocycles. The van der Waals surface area contributed by atoms with Gasteiger partial charge in [-0.1, -0.05) is 23.7 Å². The van der Waals surface area contributed by atoms with E-state index in [9.17, 15) is 22.8 Å². The Labute approximate surface area is 164 Å². The van der Waals surface area contributed by atoms with Crippen LogP contribution >= 0.6 is 11.6 Å². The highest BCUT2D eigenvalue weighted by Crippen LogP contribution is 2.37. The van der Waals surface area contributed by atoms with E-state index in [-0.39, 0.29) is 29.6 Å². The first-order valence-corrected chi connectivity index (χ1v) is 8.78. The minimum atomic E-state index is -4.66. The Morgan fingerprint density at radius 3 is 2.68 bits per heavy atom. The highest BCUT2D eigenvalue weighted by Gasteiger charge is 2.35. The summed E-state index contributed by atoms with van der Waals surface area (Å²) in [6.07, 6.45) is -5.57. The van der Waals surface area contributed by atoms with Crippen LogP contribution in [0, 0.1) is 0 Å². The van der Waals surface area contributed by atoms with Crippen molar-refractivity contribution in [3.05, 3.63) is 53.1 Å². The molecule has 148 valence electrons. The summed E-state index contributed by atoms with van der Waals surface area (Å²) in [7, 11) is 0. The molecule has 2 aromatic carbocycles. The zero-order chi connectivity index (χ0) is 20.5. The Morgan fingerprint density at radius 1 is 1.25 bits per heavy atom. The molecule has 0 radical (unpaired) electrons. The average Bonchev–Trinajstić information content (AvgIpc) is 2.63. The normalized spacial score (nSPS) is 16.4. The Balaban J connectivity index is 1.73. The predicted molar refractivity (Wildman–Crippen MR) is 98.6 cm³/mol. The van der Waals surface area contributed by atoms with Gasteiger partial charge in [-0.05, 0) is 37.3 Å². The van der Waals surface area contributed by atoms with Gasteiger partial charge in [0, 0.05) is 18.0 Å². The molecular weight excluding hydrogens is 397 g/mol. The van der Waals surface area contributed by atoms with E-state index in [1.54, 1.807) is 31.2 Å². The molecule has 2 amide bonds. The second-order valence-corrected chi connectivity index (χ2v) is 6.64. The molecule has 0 aliphatic carbocycles. The molecule has 0 saturated heterocycles. The number of halogens is 4. The van der Waals surface area contributed by atoms with Gasteiger partial charge in [0.05, 0.1) is 16.9 Å². The van der Waals surface area contributed by atoms with Crippen molar-refractivity contribution in [3.63, 3.8) is 0 Å². The number of benzene rings is 2. The highest BCUT2D eigenvalue weighted by molar-refractivity contribution is 6.30. The highest BCUT2D eigenvalue weighted by atomic mass is 35.5. The molecule has 1 aliphatic heterocycles. The second-order valence-electron chi connectivity index (χ2n) is 6.20. The first-order valence-electron chi connectivity index (χ1n) is 8.40. The molecule has 3 rings (SSSR count). The summed E-state index contributed by atoms with van der Waals surface area (Å²) < 4.78 is 44.9. The minimum absolute atomic E-state index is 0.00429. The topological polar surface area (TPSA) is 58.6 Å². The van der Waals surface area contributed by atoms with Crippen LogP contribution in [0.15, 0.2) is 42.5 Å². The number of fused-ring (bicyclic) bond motifs is 1. The van der Waals surface area contributed by atoms with Crippen LogP contribution in [0.2, 0.25) is 5.02 Å². The quantitative estimate of drug-likeness (QED) is 0.804. The van der Waals surface area contributed by atoms with Crippen molar-refractivity contribution < 1.29 is 27.5 Å². The summed E-state index contributed by atoms with van der Waals surface area (Å²) in [6, 6.07) is 9.97. The monoisotopic (exact) mass is 412 g/mol. The lowest BCUT2D eigenvalue weighted by molar-refractivity contribution is -0.137. The number of amides is 2. The molecule has 9 heteroatoms. The Kier molecular flexibility index (Phi) is 5.51. The first kappa shape index (κ1) is 20.0. The van der Waals surface area contributed by atoms with Crippen LogP contribution in [0.5, 0.6) is 5.75 Å². The van der Waals surface area contributed by atoms with E-state index in [0.29, 0.717) is 11.4 Å². The number of para-hydroxylation sites is 2. The van der Waals surface area contributed by atoms with Crippen molar-refractivity contribution >= 4 is 34.8 Å². The van der Waals surface area contributed by atoms with Crippen LogP contribution in [-0.4, -0.2) is 24.5 Å². The number of carbonyl (C=O) groups is 2. The fraction of sp³-hybridized carbons (Fsp3) is 0.263. The van der Waals surface area contributed by atoms with Crippen molar-refractivity contribution in [1.82, 2.24) is 0 Å². The van der Waals surface area contributed by atoms with Crippen LogP contribution < -0.4 is 15.0 Å². The average molecular weight is 413 g/mol. The van der Waals surface area contributed by atoms with Gasteiger partial charge in [-0.15, -0.1) is 0 Å². The third kappa shape index (κ3) is 4.22. The largest absolute Gasteiger partial charge is 0.479 e. The van der Waals surface area contributed by atoms with Crippen LogP contribution in [-0.2, 0) is 15.8 Å². The molecule has 1 atom stereocenters. The van der Waals surface area contributed by atoms with Crippen LogP contribution in [0.4, 0.5) is 24.5 Å². The van der Waals surface area contributed by atoms with Gasteiger partial charge < -0.3 is 15.0 Å². The summed E-state index contributed by atoms with van der Waals surface area (Å²) in [5, 5.41) is 2.16. The van der Waals surface area contributed by atoms with E-state index in [1.165, 1.54) is 11.0 Å². The fourth-order valence-electron chi connectivity index (χ4n) is 2.88. The Bertz CT molecular complexity index is 918. The maximum Gasteiger partial charge on any atom is 0.418 e. The molecule has 1 N–H and O–H groups in total. The molecular formula is C19H16ClF3N2O3. The number of nitrogens with zero attached hydrogens (tertiary/aromatic N) is 1. The van der Waals surface area contributed by atoms with E-state index in [1.807, 2.05) is 0 Å². The smallest absolute Gasteiger partial charge is 0.418 e. The van der Waals surface area contributed by atoms with Gasteiger partial charge >= 0.3 is 6.18 Å². The lowest BCUT2D eigenvalue weighted by Crippen LogP contribution is -2.45. The van der Waals surface area contributed by atoms with E-state index in [2.05, 4.69) is 5.32 Å². The van der Waals surface area contributed by atoms with Gasteiger partial charge in [-0.3, -0.25) is 9.59 Å². The zero-order valence-corrected chi connectivity index (χ0v) is 15.5. The SMILES string of the molecule is CC1Oc2ccccc2N(CCC(=O)Nc2ccc(Cl)cc2C(F)(F)F)C1=O. The number of hydrogen-bond donors (Lipinski definition) is 1. The molecule has 1 aliphatic rings. The molecule has 0 fully saturated rings. The number of hydrogen-bond acceptors (Lipinski definition) is 3. The van der Waals surface area contributed by atoms with Crippen molar-refractivity contribution in [2.24, 2.45) is 0 Å². The summed E-state index contributed by atoms with van der Waals surface area (Å²) in [6.45, 7) is 1.60. The van der Waals surface area contributed by atoms with E-state index < -0.39 is 23.8 Å². The van der Waals surface area contributed by atoms with Gasteiger partial charge in [-0.25, -0.2) is 0 Å². The standard InChI is InChI=1S/C19H16ClF3N2O3/c1-11-18(27)25(15-4-2-3-5-16(15)28-11)9-8-17(26)24-14-7-6-12(20)10-13(14)19(21,22)23/h2-7,10-11H,8-9H2,1H3,(H,24,26). The van der Waals surface area contributed by atoms with Crippen LogP contribution in [0.1, 0.15) is 18.9 Å². The molecule has 0 bridgehead atoms. The van der Waals surface area contributed by atoms with Gasteiger partial charge in [0.1, 0.15) is 5.75 Å². The summed E-state index contributed by atoms with van der Waals surface area (Å²) in [5.74, 6) is -0.474. The van der Waals surface area contributed by atoms with Crippen molar-refractivity contribution in [3.8, 4) is 5.75 Å². The maximum absolute atomic E-state index is 13.1. The minimum Gasteiger partial charge on any atom is -0.479 e. The van der Waals surface area contributed by atoms with Crippen molar-refractivity contribution in [2.75, 3.05) is 16.8 Å². The number of carbonyl (C=O) groups excluding carboxylic acids is 2. The van der Waals surface area contributed by atoms with E-state index >= 15 is 0 Å². The van der Waals surface area contributed by atoms with Crippen molar-refractivity contribution in [2.45, 2.75) is 25.6 Å². The number of rotatable bonds is 4. The van der Waals surface area contributed by atoms with Crippen LogP contribution in [0.25, 0.3) is 0 Å². The predicted octanol–water partition coefficient (Wildman–Crippen LogP) is 4.50. The molecule has 28 heavy (non-hydrogen) atoms. The maximum atomic E-state index is 13.1. The van der Waals surface area contributed by atoms with Crippen LogP contribution in [0.3, 0.4) is 0 Å². The molecule has 5 nitrogen and oxygen atoms in total. The zero-order valence-electron chi connectivity index (χ0n) is 14.7. The van der Waals surface area contributed by atoms with Gasteiger partial charge in [0.2, 0.25) is 5.91 Å². The third-order valence-corrected chi connectivity index (χ3v) is 4.43.